The Hall–Kier alpha value is -1.65. The Balaban J connectivity index is 2.18. The highest BCUT2D eigenvalue weighted by Crippen LogP contribution is 2.27. The van der Waals surface area contributed by atoms with Crippen molar-refractivity contribution < 1.29 is 9.53 Å². The van der Waals surface area contributed by atoms with Gasteiger partial charge in [0.2, 0.25) is 0 Å². The molecule has 1 aromatic rings. The van der Waals surface area contributed by atoms with Crippen molar-refractivity contribution in [3.05, 3.63) is 52.6 Å². The predicted octanol–water partition coefficient (Wildman–Crippen LogP) is 3.47. The van der Waals surface area contributed by atoms with E-state index in [4.69, 9.17) is 23.8 Å². The average Bonchev–Trinajstić information content (AvgIpc) is 2.43. The van der Waals surface area contributed by atoms with Gasteiger partial charge in [0.1, 0.15) is 0 Å². The van der Waals surface area contributed by atoms with Gasteiger partial charge in [-0.25, -0.2) is 4.79 Å². The molecular formula is C15H14ClNO2S. The number of ether oxygens (including phenoxy) is 1. The van der Waals surface area contributed by atoms with E-state index < -0.39 is 5.97 Å². The smallest absolute Gasteiger partial charge is 0.337 e. The van der Waals surface area contributed by atoms with E-state index in [0.29, 0.717) is 15.5 Å². The van der Waals surface area contributed by atoms with Gasteiger partial charge < -0.3 is 10.1 Å². The van der Waals surface area contributed by atoms with E-state index in [-0.39, 0.29) is 6.04 Å². The third-order valence-electron chi connectivity index (χ3n) is 3.02. The highest BCUT2D eigenvalue weighted by atomic mass is 35.5. The molecule has 0 fully saturated rings. The van der Waals surface area contributed by atoms with Crippen LogP contribution in [0, 0.1) is 6.92 Å². The topological polar surface area (TPSA) is 38.3 Å². The van der Waals surface area contributed by atoms with Crippen molar-refractivity contribution in [3.8, 4) is 0 Å². The van der Waals surface area contributed by atoms with E-state index in [1.807, 2.05) is 31.2 Å². The highest BCUT2D eigenvalue weighted by molar-refractivity contribution is 7.81. The summed E-state index contributed by atoms with van der Waals surface area (Å²) in [5.41, 5.74) is 2.34. The van der Waals surface area contributed by atoms with E-state index in [1.165, 1.54) is 7.11 Å². The number of carbonyl (C=O) groups is 1. The van der Waals surface area contributed by atoms with Crippen LogP contribution in [0.2, 0.25) is 5.02 Å². The second-order valence-corrected chi connectivity index (χ2v) is 5.29. The van der Waals surface area contributed by atoms with Crippen LogP contribution in [-0.2, 0) is 9.53 Å². The third-order valence-corrected chi connectivity index (χ3v) is 3.70. The molecule has 1 unspecified atom stereocenters. The van der Waals surface area contributed by atoms with Gasteiger partial charge in [-0.15, -0.1) is 0 Å². The van der Waals surface area contributed by atoms with Crippen LogP contribution < -0.4 is 5.32 Å². The predicted molar refractivity (Wildman–Crippen MR) is 85.4 cm³/mol. The number of rotatable bonds is 3. The molecule has 1 atom stereocenters. The van der Waals surface area contributed by atoms with Crippen molar-refractivity contribution in [1.82, 2.24) is 0 Å². The molecule has 0 aromatic heterocycles. The first kappa shape index (κ1) is 14.8. The summed E-state index contributed by atoms with van der Waals surface area (Å²) >= 11 is 11.5. The van der Waals surface area contributed by atoms with E-state index in [0.717, 1.165) is 11.3 Å². The molecular weight excluding hydrogens is 294 g/mol. The van der Waals surface area contributed by atoms with Crippen molar-refractivity contribution in [3.63, 3.8) is 0 Å². The second-order valence-electron chi connectivity index (χ2n) is 4.41. The molecule has 2 rings (SSSR count). The molecule has 104 valence electrons. The van der Waals surface area contributed by atoms with Gasteiger partial charge in [0.05, 0.1) is 29.4 Å². The Bertz CT molecular complexity index is 602. The van der Waals surface area contributed by atoms with Crippen LogP contribution in [0.5, 0.6) is 0 Å². The number of para-hydroxylation sites is 1. The first-order valence-corrected chi connectivity index (χ1v) is 6.85. The Morgan fingerprint density at radius 3 is 2.80 bits per heavy atom. The number of aryl methyl sites for hydroxylation is 1. The lowest BCUT2D eigenvalue weighted by Gasteiger charge is -2.21. The van der Waals surface area contributed by atoms with Gasteiger partial charge in [0.15, 0.2) is 0 Å². The minimum atomic E-state index is -0.393. The monoisotopic (exact) mass is 307 g/mol. The van der Waals surface area contributed by atoms with Crippen LogP contribution in [-0.4, -0.2) is 24.0 Å². The minimum Gasteiger partial charge on any atom is -0.465 e. The molecule has 0 heterocycles. The maximum absolute atomic E-state index is 11.4. The summed E-state index contributed by atoms with van der Waals surface area (Å²) in [5.74, 6) is -0.393. The van der Waals surface area contributed by atoms with Crippen LogP contribution >= 0.6 is 23.8 Å². The molecule has 3 nitrogen and oxygen atoms in total. The van der Waals surface area contributed by atoms with Gasteiger partial charge >= 0.3 is 5.97 Å². The Morgan fingerprint density at radius 1 is 1.45 bits per heavy atom. The SMILES string of the molecule is COC(=O)C1=CC(=S)C(Nc2c(C)cccc2Cl)C=C1. The molecule has 0 spiro atoms. The summed E-state index contributed by atoms with van der Waals surface area (Å²) < 4.78 is 4.67. The molecule has 0 saturated carbocycles. The van der Waals surface area contributed by atoms with Gasteiger partial charge in [0, 0.05) is 4.86 Å². The summed E-state index contributed by atoms with van der Waals surface area (Å²) in [6, 6.07) is 5.52. The fraction of sp³-hybridized carbons (Fsp3) is 0.200. The van der Waals surface area contributed by atoms with Gasteiger partial charge in [0.25, 0.3) is 0 Å². The normalized spacial score (nSPS) is 17.6. The first-order chi connectivity index (χ1) is 9.52. The third kappa shape index (κ3) is 3.08. The van der Waals surface area contributed by atoms with Crippen LogP contribution in [0.15, 0.2) is 42.0 Å². The molecule has 0 saturated heterocycles. The Kier molecular flexibility index (Phi) is 4.57. The number of hydrogen-bond donors (Lipinski definition) is 1. The summed E-state index contributed by atoms with van der Waals surface area (Å²) in [5, 5.41) is 3.93. The lowest BCUT2D eigenvalue weighted by atomic mass is 10.0. The Labute approximate surface area is 128 Å². The van der Waals surface area contributed by atoms with Crippen molar-refractivity contribution >= 4 is 40.3 Å². The van der Waals surface area contributed by atoms with Crippen molar-refractivity contribution in [2.45, 2.75) is 13.0 Å². The van der Waals surface area contributed by atoms with E-state index >= 15 is 0 Å². The molecule has 0 radical (unpaired) electrons. The average molecular weight is 308 g/mol. The van der Waals surface area contributed by atoms with Crippen LogP contribution in [0.3, 0.4) is 0 Å². The number of esters is 1. The molecule has 20 heavy (non-hydrogen) atoms. The molecule has 1 aromatic carbocycles. The molecule has 1 aliphatic carbocycles. The van der Waals surface area contributed by atoms with Crippen molar-refractivity contribution in [2.24, 2.45) is 0 Å². The molecule has 5 heteroatoms. The number of benzene rings is 1. The van der Waals surface area contributed by atoms with E-state index in [1.54, 1.807) is 12.2 Å². The lowest BCUT2D eigenvalue weighted by Crippen LogP contribution is -2.28. The number of hydrogen-bond acceptors (Lipinski definition) is 4. The standard InChI is InChI=1S/C15H14ClNO2S/c1-9-4-3-5-11(16)14(9)17-12-7-6-10(8-13(12)20)15(18)19-2/h3-8,12,17H,1-2H3. The zero-order valence-corrected chi connectivity index (χ0v) is 12.7. The number of halogens is 1. The fourth-order valence-electron chi connectivity index (χ4n) is 1.92. The number of nitrogens with one attached hydrogen (secondary N) is 1. The molecule has 0 amide bonds. The Morgan fingerprint density at radius 2 is 2.20 bits per heavy atom. The molecule has 1 N–H and O–H groups in total. The maximum Gasteiger partial charge on any atom is 0.337 e. The number of carbonyl (C=O) groups excluding carboxylic acids is 1. The first-order valence-electron chi connectivity index (χ1n) is 6.06. The van der Waals surface area contributed by atoms with Crippen LogP contribution in [0.25, 0.3) is 0 Å². The van der Waals surface area contributed by atoms with Crippen molar-refractivity contribution in [1.29, 1.82) is 0 Å². The van der Waals surface area contributed by atoms with Gasteiger partial charge in [-0.3, -0.25) is 0 Å². The quantitative estimate of drug-likeness (QED) is 0.685. The van der Waals surface area contributed by atoms with E-state index in [9.17, 15) is 4.79 Å². The summed E-state index contributed by atoms with van der Waals surface area (Å²) in [6.07, 6.45) is 5.17. The molecule has 0 bridgehead atoms. The summed E-state index contributed by atoms with van der Waals surface area (Å²) in [7, 11) is 1.34. The van der Waals surface area contributed by atoms with Crippen LogP contribution in [0.1, 0.15) is 5.56 Å². The van der Waals surface area contributed by atoms with Gasteiger partial charge in [-0.05, 0) is 30.7 Å². The fourth-order valence-corrected chi connectivity index (χ4v) is 2.46. The lowest BCUT2D eigenvalue weighted by molar-refractivity contribution is -0.135. The van der Waals surface area contributed by atoms with Gasteiger partial charge in [-0.1, -0.05) is 42.0 Å². The summed E-state index contributed by atoms with van der Waals surface area (Å²) in [4.78, 5) is 12.1. The molecule has 0 aliphatic heterocycles. The maximum atomic E-state index is 11.4. The van der Waals surface area contributed by atoms with E-state index in [2.05, 4.69) is 10.1 Å². The van der Waals surface area contributed by atoms with Gasteiger partial charge in [-0.2, -0.15) is 0 Å². The van der Waals surface area contributed by atoms with Crippen molar-refractivity contribution in [2.75, 3.05) is 12.4 Å². The molecule has 1 aliphatic rings. The highest BCUT2D eigenvalue weighted by Gasteiger charge is 2.19. The largest absolute Gasteiger partial charge is 0.465 e. The second kappa shape index (κ2) is 6.20. The zero-order valence-electron chi connectivity index (χ0n) is 11.1. The number of anilines is 1. The zero-order chi connectivity index (χ0) is 14.7. The summed E-state index contributed by atoms with van der Waals surface area (Å²) in [6.45, 7) is 1.97. The van der Waals surface area contributed by atoms with Crippen LogP contribution in [0.4, 0.5) is 5.69 Å². The minimum absolute atomic E-state index is 0.169. The number of methoxy groups -OCH3 is 1. The number of thiocarbonyl (C=S) groups is 1.